The standard InChI is InChI=1S/C19H24N4O4S/c1-4-15(17(24)22-13-9-7-8-10-14(13)26-5-2)28-19-21-11-12(16(20)23-19)18(25)27-6-3/h7-11,15H,4-6H2,1-3H3,(H,22,24)(H2,20,21,23)/t15-/m1/s1. The summed E-state index contributed by atoms with van der Waals surface area (Å²) in [7, 11) is 0. The van der Waals surface area contributed by atoms with Crippen LogP contribution in [0.5, 0.6) is 5.75 Å². The fraction of sp³-hybridized carbons (Fsp3) is 0.368. The number of hydrogen-bond acceptors (Lipinski definition) is 8. The Morgan fingerprint density at radius 1 is 1.21 bits per heavy atom. The molecule has 150 valence electrons. The van der Waals surface area contributed by atoms with Gasteiger partial charge in [0.2, 0.25) is 5.91 Å². The summed E-state index contributed by atoms with van der Waals surface area (Å²) in [5, 5.41) is 2.75. The first-order chi connectivity index (χ1) is 13.5. The number of esters is 1. The van der Waals surface area contributed by atoms with E-state index in [4.69, 9.17) is 15.2 Å². The molecule has 1 atom stereocenters. The second-order valence-corrected chi connectivity index (χ2v) is 6.78. The van der Waals surface area contributed by atoms with Crippen LogP contribution < -0.4 is 15.8 Å². The molecule has 2 rings (SSSR count). The molecular weight excluding hydrogens is 380 g/mol. The van der Waals surface area contributed by atoms with Crippen molar-refractivity contribution in [3.05, 3.63) is 36.0 Å². The number of amides is 1. The number of ether oxygens (including phenoxy) is 2. The summed E-state index contributed by atoms with van der Waals surface area (Å²) in [5.41, 5.74) is 6.55. The van der Waals surface area contributed by atoms with Crippen LogP contribution in [0.2, 0.25) is 0 Å². The molecule has 1 amide bonds. The summed E-state index contributed by atoms with van der Waals surface area (Å²) in [5.74, 6) is -0.143. The van der Waals surface area contributed by atoms with Crippen LogP contribution in [0.25, 0.3) is 0 Å². The number of rotatable bonds is 9. The topological polar surface area (TPSA) is 116 Å². The highest BCUT2D eigenvalue weighted by Gasteiger charge is 2.22. The Bertz CT molecular complexity index is 831. The van der Waals surface area contributed by atoms with Crippen molar-refractivity contribution < 1.29 is 19.1 Å². The maximum atomic E-state index is 12.7. The number of nitrogens with one attached hydrogen (secondary N) is 1. The smallest absolute Gasteiger partial charge is 0.343 e. The molecule has 1 heterocycles. The molecule has 0 bridgehead atoms. The summed E-state index contributed by atoms with van der Waals surface area (Å²) in [4.78, 5) is 32.7. The van der Waals surface area contributed by atoms with Gasteiger partial charge in [-0.2, -0.15) is 0 Å². The number of hydrogen-bond donors (Lipinski definition) is 2. The lowest BCUT2D eigenvalue weighted by atomic mass is 10.2. The molecule has 9 heteroatoms. The summed E-state index contributed by atoms with van der Waals surface area (Å²) in [6.45, 7) is 6.20. The summed E-state index contributed by atoms with van der Waals surface area (Å²) < 4.78 is 10.4. The minimum Gasteiger partial charge on any atom is -0.492 e. The third-order valence-electron chi connectivity index (χ3n) is 3.65. The molecule has 1 aromatic heterocycles. The lowest BCUT2D eigenvalue weighted by molar-refractivity contribution is -0.115. The van der Waals surface area contributed by atoms with E-state index in [0.717, 1.165) is 0 Å². The van der Waals surface area contributed by atoms with E-state index >= 15 is 0 Å². The van der Waals surface area contributed by atoms with Crippen LogP contribution in [-0.4, -0.2) is 40.3 Å². The Labute approximate surface area is 168 Å². The molecule has 3 N–H and O–H groups in total. The van der Waals surface area contributed by atoms with Crippen molar-refractivity contribution in [1.29, 1.82) is 0 Å². The molecular formula is C19H24N4O4S. The third kappa shape index (κ3) is 5.59. The minimum absolute atomic E-state index is 0.0212. The number of nitrogens with zero attached hydrogens (tertiary/aromatic N) is 2. The number of para-hydroxylation sites is 2. The van der Waals surface area contributed by atoms with Crippen molar-refractivity contribution in [2.75, 3.05) is 24.3 Å². The van der Waals surface area contributed by atoms with Crippen LogP contribution in [0.4, 0.5) is 11.5 Å². The molecule has 0 aliphatic heterocycles. The summed E-state index contributed by atoms with van der Waals surface area (Å²) >= 11 is 1.18. The van der Waals surface area contributed by atoms with Crippen molar-refractivity contribution in [1.82, 2.24) is 9.97 Å². The largest absolute Gasteiger partial charge is 0.492 e. The molecule has 8 nitrogen and oxygen atoms in total. The van der Waals surface area contributed by atoms with Gasteiger partial charge >= 0.3 is 5.97 Å². The van der Waals surface area contributed by atoms with Crippen molar-refractivity contribution in [3.63, 3.8) is 0 Å². The number of anilines is 2. The number of carbonyl (C=O) groups is 2. The molecule has 0 saturated carbocycles. The van der Waals surface area contributed by atoms with E-state index in [2.05, 4.69) is 15.3 Å². The zero-order valence-corrected chi connectivity index (χ0v) is 16.9. The lowest BCUT2D eigenvalue weighted by Crippen LogP contribution is -2.25. The predicted molar refractivity (Wildman–Crippen MR) is 109 cm³/mol. The highest BCUT2D eigenvalue weighted by atomic mass is 32.2. The van der Waals surface area contributed by atoms with E-state index in [-0.39, 0.29) is 23.9 Å². The Balaban J connectivity index is 2.10. The van der Waals surface area contributed by atoms with Crippen LogP contribution in [0.15, 0.2) is 35.6 Å². The SMILES string of the molecule is CCOC(=O)c1cnc(S[C@H](CC)C(=O)Nc2ccccc2OCC)nc1N. The molecule has 2 aromatic rings. The van der Waals surface area contributed by atoms with Gasteiger partial charge in [-0.25, -0.2) is 14.8 Å². The number of carbonyl (C=O) groups excluding carboxylic acids is 2. The second kappa shape index (κ2) is 10.5. The normalized spacial score (nSPS) is 11.5. The van der Waals surface area contributed by atoms with E-state index in [9.17, 15) is 9.59 Å². The quantitative estimate of drug-likeness (QED) is 0.372. The highest BCUT2D eigenvalue weighted by molar-refractivity contribution is 8.00. The van der Waals surface area contributed by atoms with Gasteiger partial charge in [0.15, 0.2) is 5.16 Å². The highest BCUT2D eigenvalue weighted by Crippen LogP contribution is 2.28. The summed E-state index contributed by atoms with van der Waals surface area (Å²) in [6, 6.07) is 7.24. The van der Waals surface area contributed by atoms with Gasteiger partial charge in [0.05, 0.1) is 24.2 Å². The number of nitrogens with two attached hydrogens (primary N) is 1. The van der Waals surface area contributed by atoms with E-state index < -0.39 is 11.2 Å². The number of nitrogen functional groups attached to an aromatic ring is 1. The Hall–Kier alpha value is -2.81. The number of aromatic nitrogens is 2. The first kappa shape index (κ1) is 21.5. The molecule has 0 fully saturated rings. The lowest BCUT2D eigenvalue weighted by Gasteiger charge is -2.16. The van der Waals surface area contributed by atoms with Gasteiger partial charge in [-0.1, -0.05) is 30.8 Å². The number of thioether (sulfide) groups is 1. The molecule has 0 unspecified atom stereocenters. The van der Waals surface area contributed by atoms with Crippen LogP contribution in [-0.2, 0) is 9.53 Å². The average Bonchev–Trinajstić information content (AvgIpc) is 2.68. The Kier molecular flexibility index (Phi) is 8.06. The monoisotopic (exact) mass is 404 g/mol. The van der Waals surface area contributed by atoms with Crippen molar-refractivity contribution >= 4 is 35.1 Å². The molecule has 0 saturated heterocycles. The second-order valence-electron chi connectivity index (χ2n) is 5.61. The Morgan fingerprint density at radius 3 is 2.61 bits per heavy atom. The first-order valence-corrected chi connectivity index (χ1v) is 9.87. The van der Waals surface area contributed by atoms with Gasteiger partial charge in [0.25, 0.3) is 0 Å². The number of benzene rings is 1. The molecule has 28 heavy (non-hydrogen) atoms. The van der Waals surface area contributed by atoms with Gasteiger partial charge in [0.1, 0.15) is 17.1 Å². The molecule has 0 aliphatic carbocycles. The van der Waals surface area contributed by atoms with Gasteiger partial charge in [-0.05, 0) is 32.4 Å². The molecule has 0 aliphatic rings. The van der Waals surface area contributed by atoms with Gasteiger partial charge in [-0.15, -0.1) is 0 Å². The average molecular weight is 404 g/mol. The summed E-state index contributed by atoms with van der Waals surface area (Å²) in [6.07, 6.45) is 1.87. The maximum absolute atomic E-state index is 12.7. The van der Waals surface area contributed by atoms with E-state index in [1.54, 1.807) is 19.1 Å². The van der Waals surface area contributed by atoms with Gasteiger partial charge in [-0.3, -0.25) is 4.79 Å². The van der Waals surface area contributed by atoms with Crippen molar-refractivity contribution in [2.45, 2.75) is 37.6 Å². The van der Waals surface area contributed by atoms with Crippen LogP contribution in [0.1, 0.15) is 37.6 Å². The first-order valence-electron chi connectivity index (χ1n) is 8.99. The van der Waals surface area contributed by atoms with Crippen molar-refractivity contribution in [3.8, 4) is 5.75 Å². The third-order valence-corrected chi connectivity index (χ3v) is 4.89. The predicted octanol–water partition coefficient (Wildman–Crippen LogP) is 3.14. The van der Waals surface area contributed by atoms with E-state index in [1.165, 1.54) is 18.0 Å². The fourth-order valence-electron chi connectivity index (χ4n) is 2.31. The van der Waals surface area contributed by atoms with Gasteiger partial charge < -0.3 is 20.5 Å². The van der Waals surface area contributed by atoms with Crippen molar-refractivity contribution in [2.24, 2.45) is 0 Å². The zero-order valence-electron chi connectivity index (χ0n) is 16.1. The van der Waals surface area contributed by atoms with Crippen LogP contribution in [0.3, 0.4) is 0 Å². The van der Waals surface area contributed by atoms with Crippen LogP contribution >= 0.6 is 11.8 Å². The minimum atomic E-state index is -0.575. The van der Waals surface area contributed by atoms with Gasteiger partial charge in [0, 0.05) is 6.20 Å². The molecule has 0 radical (unpaired) electrons. The van der Waals surface area contributed by atoms with E-state index in [1.807, 2.05) is 26.0 Å². The van der Waals surface area contributed by atoms with E-state index in [0.29, 0.717) is 29.6 Å². The molecule has 0 spiro atoms. The molecule has 1 aromatic carbocycles. The Morgan fingerprint density at radius 2 is 1.96 bits per heavy atom. The fourth-order valence-corrected chi connectivity index (χ4v) is 3.17. The zero-order chi connectivity index (χ0) is 20.5. The van der Waals surface area contributed by atoms with Crippen LogP contribution in [0, 0.1) is 0 Å². The maximum Gasteiger partial charge on any atom is 0.343 e.